The first-order valence-electron chi connectivity index (χ1n) is 7.60. The van der Waals surface area contributed by atoms with Crippen molar-refractivity contribution < 1.29 is 9.90 Å². The molecule has 0 aromatic heterocycles. The lowest BCUT2D eigenvalue weighted by Gasteiger charge is -2.29. The number of carbonyl (C=O) groups is 1. The second-order valence-corrected chi connectivity index (χ2v) is 6.65. The molecular weight excluding hydrogens is 240 g/mol. The van der Waals surface area contributed by atoms with Crippen molar-refractivity contribution in [1.29, 1.82) is 0 Å². The molecule has 1 saturated carbocycles. The topological polar surface area (TPSA) is 61.4 Å². The van der Waals surface area contributed by atoms with Gasteiger partial charge in [-0.25, -0.2) is 4.79 Å². The molecule has 1 aliphatic rings. The summed E-state index contributed by atoms with van der Waals surface area (Å²) in [6, 6.07) is 0.172. The van der Waals surface area contributed by atoms with E-state index in [9.17, 15) is 4.79 Å². The van der Waals surface area contributed by atoms with Crippen LogP contribution < -0.4 is 10.6 Å². The van der Waals surface area contributed by atoms with Gasteiger partial charge >= 0.3 is 6.03 Å². The van der Waals surface area contributed by atoms with Gasteiger partial charge in [0.25, 0.3) is 0 Å². The highest BCUT2D eigenvalue weighted by Gasteiger charge is 2.22. The van der Waals surface area contributed by atoms with E-state index >= 15 is 0 Å². The van der Waals surface area contributed by atoms with Crippen molar-refractivity contribution >= 4 is 6.03 Å². The van der Waals surface area contributed by atoms with E-state index in [0.717, 1.165) is 0 Å². The number of amides is 2. The Labute approximate surface area is 117 Å². The molecular formula is C15H30N2O2. The van der Waals surface area contributed by atoms with Gasteiger partial charge in [-0.1, -0.05) is 33.1 Å². The highest BCUT2D eigenvalue weighted by molar-refractivity contribution is 5.74. The highest BCUT2D eigenvalue weighted by Crippen LogP contribution is 2.26. The van der Waals surface area contributed by atoms with Gasteiger partial charge < -0.3 is 15.7 Å². The Morgan fingerprint density at radius 2 is 1.95 bits per heavy atom. The smallest absolute Gasteiger partial charge is 0.315 e. The largest absolute Gasteiger partial charge is 0.396 e. The number of nitrogens with one attached hydrogen (secondary N) is 2. The third kappa shape index (κ3) is 6.28. The van der Waals surface area contributed by atoms with Crippen LogP contribution in [0.25, 0.3) is 0 Å². The number of rotatable bonds is 6. The molecule has 4 heteroatoms. The van der Waals surface area contributed by atoms with Crippen LogP contribution in [0.3, 0.4) is 0 Å². The Bertz CT molecular complexity index is 273. The summed E-state index contributed by atoms with van der Waals surface area (Å²) in [5, 5.41) is 14.9. The van der Waals surface area contributed by atoms with Crippen LogP contribution in [0.15, 0.2) is 0 Å². The molecule has 112 valence electrons. The average molecular weight is 270 g/mol. The second-order valence-electron chi connectivity index (χ2n) is 6.65. The molecule has 2 amide bonds. The first kappa shape index (κ1) is 16.3. The minimum atomic E-state index is -0.0795. The van der Waals surface area contributed by atoms with Crippen molar-refractivity contribution in [1.82, 2.24) is 10.6 Å². The summed E-state index contributed by atoms with van der Waals surface area (Å²) < 4.78 is 0. The molecule has 1 fully saturated rings. The van der Waals surface area contributed by atoms with Crippen LogP contribution in [-0.4, -0.2) is 30.3 Å². The Morgan fingerprint density at radius 1 is 1.32 bits per heavy atom. The monoisotopic (exact) mass is 270 g/mol. The van der Waals surface area contributed by atoms with Gasteiger partial charge in [0.05, 0.1) is 0 Å². The zero-order chi connectivity index (χ0) is 14.3. The summed E-state index contributed by atoms with van der Waals surface area (Å²) in [5.74, 6) is 0.630. The van der Waals surface area contributed by atoms with Gasteiger partial charge in [0, 0.05) is 19.2 Å². The number of aliphatic hydroxyl groups excluding tert-OH is 1. The van der Waals surface area contributed by atoms with E-state index in [2.05, 4.69) is 17.6 Å². The summed E-state index contributed by atoms with van der Waals surface area (Å²) in [5.41, 5.74) is -0.0554. The molecule has 1 aliphatic carbocycles. The van der Waals surface area contributed by atoms with Crippen molar-refractivity contribution in [2.24, 2.45) is 11.3 Å². The molecule has 1 rings (SSSR count). The van der Waals surface area contributed by atoms with Crippen LogP contribution in [0.1, 0.15) is 59.3 Å². The van der Waals surface area contributed by atoms with E-state index in [1.54, 1.807) is 0 Å². The fourth-order valence-electron chi connectivity index (χ4n) is 2.72. The SMILES string of the molecule is CC(NC(=O)NCC(C)(C)CCO)C1CCCCC1. The Morgan fingerprint density at radius 3 is 2.53 bits per heavy atom. The maximum Gasteiger partial charge on any atom is 0.315 e. The Hall–Kier alpha value is -0.770. The molecule has 0 aromatic carbocycles. The number of carbonyl (C=O) groups excluding carboxylic acids is 1. The summed E-state index contributed by atoms with van der Waals surface area (Å²) in [7, 11) is 0. The lowest BCUT2D eigenvalue weighted by atomic mass is 9.84. The van der Waals surface area contributed by atoms with Gasteiger partial charge in [-0.05, 0) is 37.5 Å². The Balaban J connectivity index is 2.26. The van der Waals surface area contributed by atoms with Gasteiger partial charge in [-0.15, -0.1) is 0 Å². The minimum Gasteiger partial charge on any atom is -0.396 e. The third-order valence-corrected chi connectivity index (χ3v) is 4.23. The van der Waals surface area contributed by atoms with Crippen molar-refractivity contribution in [2.75, 3.05) is 13.2 Å². The highest BCUT2D eigenvalue weighted by atomic mass is 16.3. The zero-order valence-corrected chi connectivity index (χ0v) is 12.7. The molecule has 0 bridgehead atoms. The molecule has 1 unspecified atom stereocenters. The van der Waals surface area contributed by atoms with Gasteiger partial charge in [0.2, 0.25) is 0 Å². The van der Waals surface area contributed by atoms with E-state index < -0.39 is 0 Å². The van der Waals surface area contributed by atoms with E-state index in [1.807, 2.05) is 13.8 Å². The quantitative estimate of drug-likeness (QED) is 0.695. The van der Waals surface area contributed by atoms with Crippen molar-refractivity contribution in [3.8, 4) is 0 Å². The van der Waals surface area contributed by atoms with E-state index in [4.69, 9.17) is 5.11 Å². The van der Waals surface area contributed by atoms with Crippen LogP contribution in [0.5, 0.6) is 0 Å². The molecule has 3 N–H and O–H groups in total. The van der Waals surface area contributed by atoms with Gasteiger partial charge in [0.1, 0.15) is 0 Å². The molecule has 0 aromatic rings. The zero-order valence-electron chi connectivity index (χ0n) is 12.7. The van der Waals surface area contributed by atoms with Crippen LogP contribution in [0, 0.1) is 11.3 Å². The third-order valence-electron chi connectivity index (χ3n) is 4.23. The number of hydrogen-bond acceptors (Lipinski definition) is 2. The normalized spacial score (nSPS) is 18.9. The molecule has 1 atom stereocenters. The van der Waals surface area contributed by atoms with E-state index in [0.29, 0.717) is 18.9 Å². The maximum absolute atomic E-state index is 11.9. The second kappa shape index (κ2) is 7.73. The number of hydrogen-bond donors (Lipinski definition) is 3. The molecule has 0 heterocycles. The molecule has 0 radical (unpaired) electrons. The summed E-state index contributed by atoms with van der Waals surface area (Å²) in [6.07, 6.45) is 7.09. The molecule has 0 saturated heterocycles. The van der Waals surface area contributed by atoms with Crippen LogP contribution in [0.4, 0.5) is 4.79 Å². The van der Waals surface area contributed by atoms with Gasteiger partial charge in [-0.3, -0.25) is 0 Å². The average Bonchev–Trinajstić information content (AvgIpc) is 2.37. The van der Waals surface area contributed by atoms with Gasteiger partial charge in [-0.2, -0.15) is 0 Å². The first-order valence-corrected chi connectivity index (χ1v) is 7.60. The van der Waals surface area contributed by atoms with Crippen LogP contribution in [0.2, 0.25) is 0 Å². The molecule has 0 spiro atoms. The van der Waals surface area contributed by atoms with Crippen molar-refractivity contribution in [2.45, 2.75) is 65.3 Å². The predicted molar refractivity (Wildman–Crippen MR) is 78.1 cm³/mol. The van der Waals surface area contributed by atoms with E-state index in [1.165, 1.54) is 32.1 Å². The standard InChI is InChI=1S/C15H30N2O2/c1-12(13-7-5-4-6-8-13)17-14(19)16-11-15(2,3)9-10-18/h12-13,18H,4-11H2,1-3H3,(H2,16,17,19). The van der Waals surface area contributed by atoms with Crippen LogP contribution >= 0.6 is 0 Å². The van der Waals surface area contributed by atoms with Crippen LogP contribution in [-0.2, 0) is 0 Å². The summed E-state index contributed by atoms with van der Waals surface area (Å²) in [4.78, 5) is 11.9. The Kier molecular flexibility index (Phi) is 6.63. The lowest BCUT2D eigenvalue weighted by molar-refractivity contribution is 0.197. The maximum atomic E-state index is 11.9. The lowest BCUT2D eigenvalue weighted by Crippen LogP contribution is -2.46. The minimum absolute atomic E-state index is 0.0554. The fraction of sp³-hybridized carbons (Fsp3) is 0.933. The fourth-order valence-corrected chi connectivity index (χ4v) is 2.72. The van der Waals surface area contributed by atoms with Gasteiger partial charge in [0.15, 0.2) is 0 Å². The number of aliphatic hydroxyl groups is 1. The molecule has 19 heavy (non-hydrogen) atoms. The molecule has 4 nitrogen and oxygen atoms in total. The molecule has 0 aliphatic heterocycles. The number of urea groups is 1. The van der Waals surface area contributed by atoms with Crippen molar-refractivity contribution in [3.05, 3.63) is 0 Å². The van der Waals surface area contributed by atoms with E-state index in [-0.39, 0.29) is 24.1 Å². The van der Waals surface area contributed by atoms with Crippen molar-refractivity contribution in [3.63, 3.8) is 0 Å². The predicted octanol–water partition coefficient (Wildman–Crippen LogP) is 2.66. The first-order chi connectivity index (χ1) is 8.94. The summed E-state index contributed by atoms with van der Waals surface area (Å²) >= 11 is 0. The summed E-state index contributed by atoms with van der Waals surface area (Å²) in [6.45, 7) is 6.96.